The number of hydrogen-bond donors (Lipinski definition) is 2. The highest BCUT2D eigenvalue weighted by Crippen LogP contribution is 2.22. The zero-order chi connectivity index (χ0) is 14.4. The van der Waals surface area contributed by atoms with Gasteiger partial charge in [0, 0.05) is 31.1 Å². The van der Waals surface area contributed by atoms with Gasteiger partial charge in [-0.15, -0.1) is 0 Å². The first kappa shape index (κ1) is 15.0. The standard InChI is InChI=1S/C15H22N2O3/c1-2-19-11-12-5-3-4-6-13(12)17-14(18)15(16)7-9-20-10-8-15/h3-6H,2,7-11,16H2,1H3,(H,17,18). The van der Waals surface area contributed by atoms with Crippen molar-refractivity contribution in [3.05, 3.63) is 29.8 Å². The molecule has 0 saturated carbocycles. The number of carbonyl (C=O) groups is 1. The highest BCUT2D eigenvalue weighted by Gasteiger charge is 2.36. The average Bonchev–Trinajstić information content (AvgIpc) is 2.47. The first-order chi connectivity index (χ1) is 9.65. The molecule has 1 fully saturated rings. The van der Waals surface area contributed by atoms with E-state index < -0.39 is 5.54 Å². The molecule has 0 unspecified atom stereocenters. The number of anilines is 1. The molecular formula is C15H22N2O3. The maximum atomic E-state index is 12.4. The lowest BCUT2D eigenvalue weighted by Crippen LogP contribution is -2.54. The largest absolute Gasteiger partial charge is 0.381 e. The van der Waals surface area contributed by atoms with E-state index in [1.807, 2.05) is 31.2 Å². The lowest BCUT2D eigenvalue weighted by atomic mass is 9.90. The minimum Gasteiger partial charge on any atom is -0.381 e. The zero-order valence-electron chi connectivity index (χ0n) is 11.9. The van der Waals surface area contributed by atoms with Crippen LogP contribution in [-0.4, -0.2) is 31.3 Å². The molecule has 110 valence electrons. The van der Waals surface area contributed by atoms with Gasteiger partial charge in [0.15, 0.2) is 0 Å². The lowest BCUT2D eigenvalue weighted by Gasteiger charge is -2.32. The Morgan fingerprint density at radius 1 is 1.40 bits per heavy atom. The second kappa shape index (κ2) is 6.83. The topological polar surface area (TPSA) is 73.6 Å². The third-order valence-corrected chi connectivity index (χ3v) is 3.56. The van der Waals surface area contributed by atoms with Crippen molar-refractivity contribution < 1.29 is 14.3 Å². The first-order valence-electron chi connectivity index (χ1n) is 6.99. The number of rotatable bonds is 5. The highest BCUT2D eigenvalue weighted by molar-refractivity contribution is 5.98. The predicted octanol–water partition coefficient (Wildman–Crippen LogP) is 1.67. The molecule has 0 aromatic heterocycles. The van der Waals surface area contributed by atoms with Crippen molar-refractivity contribution in [2.45, 2.75) is 31.9 Å². The molecule has 2 rings (SSSR count). The fourth-order valence-electron chi connectivity index (χ4n) is 2.19. The summed E-state index contributed by atoms with van der Waals surface area (Å²) >= 11 is 0. The molecule has 0 radical (unpaired) electrons. The van der Waals surface area contributed by atoms with Crippen LogP contribution in [0.1, 0.15) is 25.3 Å². The number of hydrogen-bond acceptors (Lipinski definition) is 4. The van der Waals surface area contributed by atoms with Gasteiger partial charge in [0.2, 0.25) is 5.91 Å². The van der Waals surface area contributed by atoms with Gasteiger partial charge in [-0.1, -0.05) is 18.2 Å². The molecule has 1 saturated heterocycles. The van der Waals surface area contributed by atoms with Crippen molar-refractivity contribution in [3.8, 4) is 0 Å². The van der Waals surface area contributed by atoms with Crippen LogP contribution >= 0.6 is 0 Å². The highest BCUT2D eigenvalue weighted by atomic mass is 16.5. The fraction of sp³-hybridized carbons (Fsp3) is 0.533. The van der Waals surface area contributed by atoms with Gasteiger partial charge in [-0.2, -0.15) is 0 Å². The SMILES string of the molecule is CCOCc1ccccc1NC(=O)C1(N)CCOCC1. The summed E-state index contributed by atoms with van der Waals surface area (Å²) in [6, 6.07) is 7.63. The molecular weight excluding hydrogens is 256 g/mol. The van der Waals surface area contributed by atoms with Gasteiger partial charge in [-0.3, -0.25) is 4.79 Å². The van der Waals surface area contributed by atoms with Crippen LogP contribution in [0.25, 0.3) is 0 Å². The quantitative estimate of drug-likeness (QED) is 0.859. The van der Waals surface area contributed by atoms with Crippen molar-refractivity contribution in [3.63, 3.8) is 0 Å². The van der Waals surface area contributed by atoms with Crippen LogP contribution in [-0.2, 0) is 20.9 Å². The van der Waals surface area contributed by atoms with Gasteiger partial charge >= 0.3 is 0 Å². The average molecular weight is 278 g/mol. The smallest absolute Gasteiger partial charge is 0.244 e. The summed E-state index contributed by atoms with van der Waals surface area (Å²) in [5.41, 5.74) is 7.06. The second-order valence-electron chi connectivity index (χ2n) is 5.02. The van der Waals surface area contributed by atoms with Gasteiger partial charge in [-0.05, 0) is 25.8 Å². The summed E-state index contributed by atoms with van der Waals surface area (Å²) in [7, 11) is 0. The van der Waals surface area contributed by atoms with E-state index in [0.29, 0.717) is 39.3 Å². The van der Waals surface area contributed by atoms with Crippen LogP contribution in [0, 0.1) is 0 Å². The van der Waals surface area contributed by atoms with Crippen LogP contribution in [0.4, 0.5) is 5.69 Å². The number of nitrogens with two attached hydrogens (primary N) is 1. The number of nitrogens with one attached hydrogen (secondary N) is 1. The Balaban J connectivity index is 2.07. The summed E-state index contributed by atoms with van der Waals surface area (Å²) in [5.74, 6) is -0.148. The van der Waals surface area contributed by atoms with Crippen molar-refractivity contribution in [2.75, 3.05) is 25.1 Å². The van der Waals surface area contributed by atoms with E-state index in [1.165, 1.54) is 0 Å². The summed E-state index contributed by atoms with van der Waals surface area (Å²) in [5, 5.41) is 2.93. The number of amides is 1. The maximum absolute atomic E-state index is 12.4. The third kappa shape index (κ3) is 3.56. The van der Waals surface area contributed by atoms with Crippen molar-refractivity contribution in [2.24, 2.45) is 5.73 Å². The normalized spacial score (nSPS) is 17.7. The predicted molar refractivity (Wildman–Crippen MR) is 77.4 cm³/mol. The summed E-state index contributed by atoms with van der Waals surface area (Å²) < 4.78 is 10.7. The van der Waals surface area contributed by atoms with E-state index >= 15 is 0 Å². The Hall–Kier alpha value is -1.43. The Bertz CT molecular complexity index is 456. The van der Waals surface area contributed by atoms with E-state index in [4.69, 9.17) is 15.2 Å². The molecule has 0 atom stereocenters. The molecule has 0 spiro atoms. The van der Waals surface area contributed by atoms with Crippen molar-refractivity contribution in [1.82, 2.24) is 0 Å². The number of para-hydroxylation sites is 1. The molecule has 5 heteroatoms. The van der Waals surface area contributed by atoms with E-state index in [0.717, 1.165) is 11.3 Å². The molecule has 1 heterocycles. The number of benzene rings is 1. The number of ether oxygens (including phenoxy) is 2. The van der Waals surface area contributed by atoms with Crippen LogP contribution in [0.15, 0.2) is 24.3 Å². The monoisotopic (exact) mass is 278 g/mol. The van der Waals surface area contributed by atoms with Gasteiger partial charge in [0.05, 0.1) is 6.61 Å². The van der Waals surface area contributed by atoms with Crippen LogP contribution in [0.2, 0.25) is 0 Å². The molecule has 20 heavy (non-hydrogen) atoms. The minimum absolute atomic E-state index is 0.148. The van der Waals surface area contributed by atoms with Crippen molar-refractivity contribution in [1.29, 1.82) is 0 Å². The van der Waals surface area contributed by atoms with Crippen molar-refractivity contribution >= 4 is 11.6 Å². The van der Waals surface area contributed by atoms with Crippen LogP contribution < -0.4 is 11.1 Å². The molecule has 0 bridgehead atoms. The molecule has 0 aliphatic carbocycles. The Labute approximate surface area is 119 Å². The Morgan fingerprint density at radius 3 is 2.80 bits per heavy atom. The zero-order valence-corrected chi connectivity index (χ0v) is 11.9. The molecule has 1 aliphatic rings. The minimum atomic E-state index is -0.836. The molecule has 1 aromatic carbocycles. The van der Waals surface area contributed by atoms with E-state index in [1.54, 1.807) is 0 Å². The first-order valence-corrected chi connectivity index (χ1v) is 6.99. The Morgan fingerprint density at radius 2 is 2.10 bits per heavy atom. The van der Waals surface area contributed by atoms with E-state index in [9.17, 15) is 4.79 Å². The van der Waals surface area contributed by atoms with Gasteiger partial charge < -0.3 is 20.5 Å². The molecule has 3 N–H and O–H groups in total. The van der Waals surface area contributed by atoms with E-state index in [-0.39, 0.29) is 5.91 Å². The third-order valence-electron chi connectivity index (χ3n) is 3.56. The summed E-state index contributed by atoms with van der Waals surface area (Å²) in [4.78, 5) is 12.4. The number of carbonyl (C=O) groups excluding carboxylic acids is 1. The van der Waals surface area contributed by atoms with Crippen LogP contribution in [0.3, 0.4) is 0 Å². The maximum Gasteiger partial charge on any atom is 0.244 e. The summed E-state index contributed by atoms with van der Waals surface area (Å²) in [6.07, 6.45) is 1.10. The van der Waals surface area contributed by atoms with Crippen LogP contribution in [0.5, 0.6) is 0 Å². The molecule has 1 aromatic rings. The lowest BCUT2D eigenvalue weighted by molar-refractivity contribution is -0.124. The molecule has 5 nitrogen and oxygen atoms in total. The Kier molecular flexibility index (Phi) is 5.11. The second-order valence-corrected chi connectivity index (χ2v) is 5.02. The summed E-state index contributed by atoms with van der Waals surface area (Å²) in [6.45, 7) is 4.13. The van der Waals surface area contributed by atoms with Gasteiger partial charge in [0.25, 0.3) is 0 Å². The van der Waals surface area contributed by atoms with Gasteiger partial charge in [-0.25, -0.2) is 0 Å². The van der Waals surface area contributed by atoms with E-state index in [2.05, 4.69) is 5.32 Å². The molecule has 1 aliphatic heterocycles. The molecule has 1 amide bonds. The van der Waals surface area contributed by atoms with Gasteiger partial charge in [0.1, 0.15) is 5.54 Å². The fourth-order valence-corrected chi connectivity index (χ4v) is 2.19.